The van der Waals surface area contributed by atoms with Gasteiger partial charge in [-0.15, -0.1) is 11.3 Å². The van der Waals surface area contributed by atoms with E-state index in [0.29, 0.717) is 11.5 Å². The Bertz CT molecular complexity index is 867. The lowest BCUT2D eigenvalue weighted by Gasteiger charge is -2.03. The number of fused-ring (bicyclic) bond motifs is 1. The monoisotopic (exact) mass is 394 g/mol. The molecule has 3 heteroatoms. The van der Waals surface area contributed by atoms with Crippen molar-refractivity contribution in [2.75, 3.05) is 6.61 Å². The van der Waals surface area contributed by atoms with Crippen molar-refractivity contribution in [3.63, 3.8) is 0 Å². The lowest BCUT2D eigenvalue weighted by Crippen LogP contribution is -2.04. The molecule has 0 aliphatic rings. The van der Waals surface area contributed by atoms with Gasteiger partial charge in [-0.25, -0.2) is 4.79 Å². The van der Waals surface area contributed by atoms with Gasteiger partial charge in [-0.3, -0.25) is 0 Å². The van der Waals surface area contributed by atoms with Crippen LogP contribution in [0, 0.1) is 0 Å². The Kier molecular flexibility index (Phi) is 8.10. The smallest absolute Gasteiger partial charge is 0.348 e. The first kappa shape index (κ1) is 20.6. The van der Waals surface area contributed by atoms with Crippen molar-refractivity contribution in [1.29, 1.82) is 0 Å². The van der Waals surface area contributed by atoms with E-state index in [1.807, 2.05) is 24.3 Å². The summed E-state index contributed by atoms with van der Waals surface area (Å²) in [6, 6.07) is 18.6. The van der Waals surface area contributed by atoms with Gasteiger partial charge in [0.2, 0.25) is 0 Å². The topological polar surface area (TPSA) is 26.3 Å². The first-order valence-corrected chi connectivity index (χ1v) is 11.4. The summed E-state index contributed by atoms with van der Waals surface area (Å²) in [7, 11) is 0. The second-order valence-electron chi connectivity index (χ2n) is 7.34. The van der Waals surface area contributed by atoms with E-state index in [9.17, 15) is 4.79 Å². The van der Waals surface area contributed by atoms with Gasteiger partial charge >= 0.3 is 5.97 Å². The quantitative estimate of drug-likeness (QED) is 0.244. The summed E-state index contributed by atoms with van der Waals surface area (Å²) >= 11 is 1.51. The second-order valence-corrected chi connectivity index (χ2v) is 8.42. The van der Waals surface area contributed by atoms with E-state index in [1.54, 1.807) is 0 Å². The zero-order valence-electron chi connectivity index (χ0n) is 16.8. The van der Waals surface area contributed by atoms with Gasteiger partial charge in [-0.1, -0.05) is 88.3 Å². The molecule has 148 valence electrons. The van der Waals surface area contributed by atoms with Crippen molar-refractivity contribution in [3.05, 3.63) is 59.5 Å². The summed E-state index contributed by atoms with van der Waals surface area (Å²) in [4.78, 5) is 13.1. The molecule has 0 spiro atoms. The van der Waals surface area contributed by atoms with Crippen LogP contribution in [0.3, 0.4) is 0 Å². The van der Waals surface area contributed by atoms with E-state index < -0.39 is 0 Å². The van der Waals surface area contributed by atoms with Gasteiger partial charge < -0.3 is 4.74 Å². The summed E-state index contributed by atoms with van der Waals surface area (Å²) < 4.78 is 6.61. The van der Waals surface area contributed by atoms with Gasteiger partial charge in [0.15, 0.2) is 0 Å². The maximum absolute atomic E-state index is 12.4. The fraction of sp³-hybridized carbons (Fsp3) is 0.400. The average molecular weight is 395 g/mol. The number of hydrogen-bond donors (Lipinski definition) is 0. The molecule has 28 heavy (non-hydrogen) atoms. The molecule has 3 rings (SSSR count). The van der Waals surface area contributed by atoms with E-state index in [0.717, 1.165) is 22.9 Å². The Hall–Kier alpha value is -2.13. The first-order chi connectivity index (χ1) is 13.8. The van der Waals surface area contributed by atoms with Crippen molar-refractivity contribution in [2.24, 2.45) is 0 Å². The third kappa shape index (κ3) is 5.93. The van der Waals surface area contributed by atoms with E-state index in [1.165, 1.54) is 61.0 Å². The summed E-state index contributed by atoms with van der Waals surface area (Å²) in [6.07, 6.45) is 9.97. The molecule has 0 aliphatic heterocycles. The van der Waals surface area contributed by atoms with Crippen molar-refractivity contribution < 1.29 is 9.53 Å². The second kappa shape index (κ2) is 11.0. The lowest BCUT2D eigenvalue weighted by atomic mass is 10.0. The standard InChI is InChI=1S/C25H30O2S/c1-2-3-4-5-6-7-8-12-17-27-25(26)24-19-22-18-21(15-16-23(22)28-24)20-13-10-9-11-14-20/h9-11,13-16,18-19H,2-8,12,17H2,1H3. The van der Waals surface area contributed by atoms with Crippen molar-refractivity contribution in [3.8, 4) is 11.1 Å². The molecule has 0 N–H and O–H groups in total. The van der Waals surface area contributed by atoms with Crippen LogP contribution >= 0.6 is 11.3 Å². The minimum atomic E-state index is -0.189. The number of carbonyl (C=O) groups is 1. The molecule has 2 aromatic carbocycles. The van der Waals surface area contributed by atoms with Crippen molar-refractivity contribution >= 4 is 27.4 Å². The summed E-state index contributed by atoms with van der Waals surface area (Å²) in [5, 5.41) is 1.10. The van der Waals surface area contributed by atoms with Crippen LogP contribution in [-0.4, -0.2) is 12.6 Å². The first-order valence-electron chi connectivity index (χ1n) is 10.5. The highest BCUT2D eigenvalue weighted by Crippen LogP contribution is 2.30. The van der Waals surface area contributed by atoms with Gasteiger partial charge in [0.25, 0.3) is 0 Å². The average Bonchev–Trinajstić information content (AvgIpc) is 3.16. The number of hydrogen-bond acceptors (Lipinski definition) is 3. The number of ether oxygens (including phenoxy) is 1. The Morgan fingerprint density at radius 3 is 2.29 bits per heavy atom. The van der Waals surface area contributed by atoms with Crippen molar-refractivity contribution in [2.45, 2.75) is 58.3 Å². The Balaban J connectivity index is 1.46. The number of thiophene rings is 1. The minimum absolute atomic E-state index is 0.189. The fourth-order valence-electron chi connectivity index (χ4n) is 3.43. The molecule has 1 aromatic heterocycles. The van der Waals surface area contributed by atoms with Crippen LogP contribution in [-0.2, 0) is 4.74 Å². The molecule has 0 radical (unpaired) electrons. The largest absolute Gasteiger partial charge is 0.462 e. The van der Waals surface area contributed by atoms with E-state index in [4.69, 9.17) is 4.74 Å². The lowest BCUT2D eigenvalue weighted by molar-refractivity contribution is 0.0503. The molecule has 0 saturated heterocycles. The van der Waals surface area contributed by atoms with Crippen molar-refractivity contribution in [1.82, 2.24) is 0 Å². The highest BCUT2D eigenvalue weighted by atomic mass is 32.1. The Morgan fingerprint density at radius 1 is 0.821 bits per heavy atom. The molecule has 2 nitrogen and oxygen atoms in total. The van der Waals surface area contributed by atoms with Crippen LogP contribution < -0.4 is 0 Å². The van der Waals surface area contributed by atoms with Gasteiger partial charge in [0.1, 0.15) is 4.88 Å². The van der Waals surface area contributed by atoms with Crippen LogP contribution in [0.5, 0.6) is 0 Å². The van der Waals surface area contributed by atoms with Crippen LogP contribution in [0.1, 0.15) is 68.0 Å². The maximum Gasteiger partial charge on any atom is 0.348 e. The molecule has 0 bridgehead atoms. The SMILES string of the molecule is CCCCCCCCCCOC(=O)c1cc2cc(-c3ccccc3)ccc2s1. The summed E-state index contributed by atoms with van der Waals surface area (Å²) in [5.41, 5.74) is 2.36. The predicted molar refractivity (Wildman–Crippen MR) is 120 cm³/mol. The normalized spacial score (nSPS) is 11.0. The molecule has 1 heterocycles. The molecule has 0 amide bonds. The molecule has 0 atom stereocenters. The molecule has 0 fully saturated rings. The molecule has 0 aliphatic carbocycles. The third-order valence-corrected chi connectivity index (χ3v) is 6.15. The molecule has 3 aromatic rings. The van der Waals surface area contributed by atoms with Gasteiger partial charge in [-0.05, 0) is 41.1 Å². The Labute approximate surface area is 172 Å². The summed E-state index contributed by atoms with van der Waals surface area (Å²) in [6.45, 7) is 2.77. The zero-order chi connectivity index (χ0) is 19.6. The van der Waals surface area contributed by atoms with E-state index in [-0.39, 0.29) is 5.97 Å². The number of rotatable bonds is 11. The highest BCUT2D eigenvalue weighted by Gasteiger charge is 2.12. The van der Waals surface area contributed by atoms with Crippen LogP contribution in [0.25, 0.3) is 21.2 Å². The molecule has 0 unspecified atom stereocenters. The minimum Gasteiger partial charge on any atom is -0.462 e. The van der Waals surface area contributed by atoms with E-state index in [2.05, 4.69) is 37.3 Å². The molecule has 0 saturated carbocycles. The predicted octanol–water partition coefficient (Wildman–Crippen LogP) is 7.87. The van der Waals surface area contributed by atoms with Gasteiger partial charge in [0.05, 0.1) is 6.61 Å². The van der Waals surface area contributed by atoms with E-state index >= 15 is 0 Å². The van der Waals surface area contributed by atoms with Crippen LogP contribution in [0.15, 0.2) is 54.6 Å². The summed E-state index contributed by atoms with van der Waals surface area (Å²) in [5.74, 6) is -0.189. The highest BCUT2D eigenvalue weighted by molar-refractivity contribution is 7.20. The van der Waals surface area contributed by atoms with Gasteiger partial charge in [0, 0.05) is 4.70 Å². The molecular weight excluding hydrogens is 364 g/mol. The number of esters is 1. The number of unbranched alkanes of at least 4 members (excludes halogenated alkanes) is 7. The zero-order valence-corrected chi connectivity index (χ0v) is 17.6. The molecular formula is C25H30O2S. The van der Waals surface area contributed by atoms with Crippen LogP contribution in [0.2, 0.25) is 0 Å². The maximum atomic E-state index is 12.4. The number of carbonyl (C=O) groups excluding carboxylic acids is 1. The Morgan fingerprint density at radius 2 is 1.54 bits per heavy atom. The van der Waals surface area contributed by atoms with Gasteiger partial charge in [-0.2, -0.15) is 0 Å². The third-order valence-electron chi connectivity index (χ3n) is 5.06. The fourth-order valence-corrected chi connectivity index (χ4v) is 4.36. The van der Waals surface area contributed by atoms with Crippen LogP contribution in [0.4, 0.5) is 0 Å². The number of benzene rings is 2.